The Morgan fingerprint density at radius 3 is 2.65 bits per heavy atom. The maximum Gasteiger partial charge on any atom is 0.383 e. The van der Waals surface area contributed by atoms with E-state index in [0.717, 1.165) is 13.2 Å². The third-order valence-corrected chi connectivity index (χ3v) is 2.36. The fraction of sp³-hybridized carbons (Fsp3) is 0.250. The monoisotopic (exact) mass is 310 g/mol. The van der Waals surface area contributed by atoms with Crippen LogP contribution in [0.15, 0.2) is 10.5 Å². The summed E-state index contributed by atoms with van der Waals surface area (Å²) in [6.45, 7) is 0. The van der Waals surface area contributed by atoms with Gasteiger partial charge in [0.25, 0.3) is 12.1 Å². The Hall–Kier alpha value is -1.64. The smallest absolute Gasteiger partial charge is 0.383 e. The highest BCUT2D eigenvalue weighted by atomic mass is 79.9. The predicted molar refractivity (Wildman–Crippen MR) is 54.9 cm³/mol. The van der Waals surface area contributed by atoms with Crippen molar-refractivity contribution in [1.29, 1.82) is 0 Å². The lowest BCUT2D eigenvalue weighted by Crippen LogP contribution is -2.11. The molecular formula is C8H5BrF2N2O4. The second kappa shape index (κ2) is 5.13. The number of aromatic nitrogens is 1. The molecule has 1 aromatic rings. The van der Waals surface area contributed by atoms with Crippen LogP contribution in [-0.2, 0) is 4.74 Å². The van der Waals surface area contributed by atoms with Crippen LogP contribution in [0.4, 0.5) is 14.6 Å². The number of carbonyl (C=O) groups is 1. The molecule has 6 nitrogen and oxygen atoms in total. The van der Waals surface area contributed by atoms with Gasteiger partial charge >= 0.3 is 11.8 Å². The van der Waals surface area contributed by atoms with Crippen molar-refractivity contribution in [2.45, 2.75) is 6.43 Å². The summed E-state index contributed by atoms with van der Waals surface area (Å²) in [5.74, 6) is -1.88. The molecule has 92 valence electrons. The third-order valence-electron chi connectivity index (χ3n) is 1.77. The lowest BCUT2D eigenvalue weighted by atomic mass is 10.2. The Labute approximate surface area is 102 Å². The van der Waals surface area contributed by atoms with Gasteiger partial charge in [-0.15, -0.1) is 0 Å². The lowest BCUT2D eigenvalue weighted by Gasteiger charge is -2.04. The first-order valence-electron chi connectivity index (χ1n) is 4.09. The van der Waals surface area contributed by atoms with E-state index < -0.39 is 34.4 Å². The molecule has 0 saturated carbocycles. The number of methoxy groups -OCH3 is 1. The van der Waals surface area contributed by atoms with Crippen LogP contribution < -0.4 is 0 Å². The van der Waals surface area contributed by atoms with Crippen molar-refractivity contribution in [3.63, 3.8) is 0 Å². The van der Waals surface area contributed by atoms with Crippen LogP contribution in [-0.4, -0.2) is 23.0 Å². The first kappa shape index (κ1) is 13.4. The zero-order chi connectivity index (χ0) is 13.2. The Kier molecular flexibility index (Phi) is 4.05. The molecule has 0 spiro atoms. The van der Waals surface area contributed by atoms with Gasteiger partial charge in [0.15, 0.2) is 0 Å². The Morgan fingerprint density at radius 2 is 2.24 bits per heavy atom. The van der Waals surface area contributed by atoms with E-state index in [1.807, 2.05) is 0 Å². The van der Waals surface area contributed by atoms with Crippen LogP contribution in [0.1, 0.15) is 22.5 Å². The van der Waals surface area contributed by atoms with Crippen molar-refractivity contribution in [1.82, 2.24) is 4.98 Å². The number of hydrogen-bond acceptors (Lipinski definition) is 5. The van der Waals surface area contributed by atoms with Crippen molar-refractivity contribution in [3.05, 3.63) is 31.9 Å². The molecule has 1 rings (SSSR count). The molecule has 0 bridgehead atoms. The topological polar surface area (TPSA) is 82.3 Å². The number of alkyl halides is 2. The quantitative estimate of drug-likeness (QED) is 0.486. The maximum atomic E-state index is 12.6. The zero-order valence-corrected chi connectivity index (χ0v) is 9.90. The molecule has 1 aromatic heterocycles. The highest BCUT2D eigenvalue weighted by molar-refractivity contribution is 9.10. The van der Waals surface area contributed by atoms with Crippen LogP contribution in [0.3, 0.4) is 0 Å². The molecule has 0 atom stereocenters. The molecule has 0 radical (unpaired) electrons. The second-order valence-corrected chi connectivity index (χ2v) is 3.64. The van der Waals surface area contributed by atoms with Crippen LogP contribution in [0.2, 0.25) is 0 Å². The highest BCUT2D eigenvalue weighted by Crippen LogP contribution is 2.30. The number of esters is 1. The number of ether oxygens (including phenoxy) is 1. The number of carbonyl (C=O) groups excluding carboxylic acids is 1. The van der Waals surface area contributed by atoms with Gasteiger partial charge in [-0.3, -0.25) is 0 Å². The first-order valence-corrected chi connectivity index (χ1v) is 4.89. The van der Waals surface area contributed by atoms with Gasteiger partial charge in [-0.05, 0) is 31.9 Å². The zero-order valence-electron chi connectivity index (χ0n) is 8.32. The number of hydrogen-bond donors (Lipinski definition) is 0. The Bertz CT molecular complexity index is 481. The molecular weight excluding hydrogens is 306 g/mol. The van der Waals surface area contributed by atoms with E-state index in [9.17, 15) is 23.7 Å². The van der Waals surface area contributed by atoms with Gasteiger partial charge in [0.05, 0.1) is 12.7 Å². The summed E-state index contributed by atoms with van der Waals surface area (Å²) in [6.07, 6.45) is -2.99. The van der Waals surface area contributed by atoms with Gasteiger partial charge in [0, 0.05) is 0 Å². The van der Waals surface area contributed by atoms with Gasteiger partial charge in [0.2, 0.25) is 0 Å². The van der Waals surface area contributed by atoms with Gasteiger partial charge in [-0.1, -0.05) is 0 Å². The van der Waals surface area contributed by atoms with Gasteiger partial charge < -0.3 is 14.9 Å². The molecule has 0 saturated heterocycles. The first-order chi connectivity index (χ1) is 7.88. The summed E-state index contributed by atoms with van der Waals surface area (Å²) in [7, 11) is 0.965. The normalized spacial score (nSPS) is 10.4. The van der Waals surface area contributed by atoms with E-state index in [2.05, 4.69) is 25.7 Å². The van der Waals surface area contributed by atoms with E-state index in [-0.39, 0.29) is 4.47 Å². The van der Waals surface area contributed by atoms with Crippen LogP contribution in [0.25, 0.3) is 0 Å². The van der Waals surface area contributed by atoms with Crippen LogP contribution >= 0.6 is 15.9 Å². The summed E-state index contributed by atoms with van der Waals surface area (Å²) in [5.41, 5.74) is -1.49. The summed E-state index contributed by atoms with van der Waals surface area (Å²) in [5, 5.41) is 10.5. The molecule has 0 aliphatic rings. The molecule has 0 unspecified atom stereocenters. The molecule has 0 amide bonds. The minimum atomic E-state index is -2.99. The fourth-order valence-corrected chi connectivity index (χ4v) is 1.53. The number of nitro groups is 1. The molecule has 0 aliphatic heterocycles. The van der Waals surface area contributed by atoms with E-state index in [4.69, 9.17) is 0 Å². The SMILES string of the molecule is COC(=O)c1nc([N+](=O)[O-])c(Br)cc1C(F)F. The summed E-state index contributed by atoms with van der Waals surface area (Å²) in [4.78, 5) is 24.1. The van der Waals surface area contributed by atoms with Crippen LogP contribution in [0.5, 0.6) is 0 Å². The minimum Gasteiger partial charge on any atom is -0.463 e. The average molecular weight is 311 g/mol. The van der Waals surface area contributed by atoms with Crippen molar-refractivity contribution < 1.29 is 23.2 Å². The fourth-order valence-electron chi connectivity index (χ4n) is 1.05. The Balaban J connectivity index is 3.47. The highest BCUT2D eigenvalue weighted by Gasteiger charge is 2.30. The molecule has 0 N–H and O–H groups in total. The Morgan fingerprint density at radius 1 is 1.65 bits per heavy atom. The third kappa shape index (κ3) is 2.73. The van der Waals surface area contributed by atoms with E-state index >= 15 is 0 Å². The van der Waals surface area contributed by atoms with Crippen molar-refractivity contribution >= 4 is 27.7 Å². The average Bonchev–Trinajstić information content (AvgIpc) is 2.26. The standard InChI is InChI=1S/C8H5BrF2N2O4/c1-17-8(14)5-3(6(10)11)2-4(9)7(12-5)13(15)16/h2,6H,1H3. The number of halogens is 3. The van der Waals surface area contributed by atoms with E-state index in [1.54, 1.807) is 0 Å². The molecule has 0 fully saturated rings. The van der Waals surface area contributed by atoms with E-state index in [1.165, 1.54) is 0 Å². The molecule has 17 heavy (non-hydrogen) atoms. The number of nitrogens with zero attached hydrogens (tertiary/aromatic N) is 2. The van der Waals surface area contributed by atoms with Crippen molar-refractivity contribution in [2.24, 2.45) is 0 Å². The van der Waals surface area contributed by atoms with Gasteiger partial charge in [0.1, 0.15) is 4.47 Å². The maximum absolute atomic E-state index is 12.6. The lowest BCUT2D eigenvalue weighted by molar-refractivity contribution is -0.390. The van der Waals surface area contributed by atoms with Gasteiger partial charge in [-0.2, -0.15) is 0 Å². The van der Waals surface area contributed by atoms with E-state index in [0.29, 0.717) is 0 Å². The molecule has 0 aliphatic carbocycles. The molecule has 0 aromatic carbocycles. The minimum absolute atomic E-state index is 0.231. The van der Waals surface area contributed by atoms with Crippen molar-refractivity contribution in [2.75, 3.05) is 7.11 Å². The number of rotatable bonds is 3. The predicted octanol–water partition coefficient (Wildman–Crippen LogP) is 2.48. The second-order valence-electron chi connectivity index (χ2n) is 2.78. The van der Waals surface area contributed by atoms with Gasteiger partial charge in [-0.25, -0.2) is 13.6 Å². The number of pyridine rings is 1. The summed E-state index contributed by atoms with van der Waals surface area (Å²) >= 11 is 2.73. The summed E-state index contributed by atoms with van der Waals surface area (Å²) < 4.78 is 29.2. The largest absolute Gasteiger partial charge is 0.463 e. The van der Waals surface area contributed by atoms with Crippen LogP contribution in [0, 0.1) is 10.1 Å². The molecule has 9 heteroatoms. The summed E-state index contributed by atoms with van der Waals surface area (Å²) in [6, 6.07) is 0.780. The molecule has 1 heterocycles. The van der Waals surface area contributed by atoms with Crippen molar-refractivity contribution in [3.8, 4) is 0 Å².